The Labute approximate surface area is 137 Å². The fraction of sp³-hybridized carbons (Fsp3) is 0.316. The maximum atomic E-state index is 5.78. The average Bonchev–Trinajstić information content (AvgIpc) is 2.54. The lowest BCUT2D eigenvalue weighted by atomic mass is 10.0. The van der Waals surface area contributed by atoms with Gasteiger partial charge < -0.3 is 9.64 Å². The normalized spacial score (nSPS) is 21.6. The van der Waals surface area contributed by atoms with Crippen LogP contribution in [0.1, 0.15) is 19.4 Å². The Kier molecular flexibility index (Phi) is 4.55. The first-order valence-corrected chi connectivity index (χ1v) is 8.14. The summed E-state index contributed by atoms with van der Waals surface area (Å²) < 4.78 is 5.78. The van der Waals surface area contributed by atoms with Gasteiger partial charge in [0.2, 0.25) is 0 Å². The molecule has 0 bridgehead atoms. The lowest BCUT2D eigenvalue weighted by molar-refractivity contribution is -0.0472. The molecule has 0 amide bonds. The summed E-state index contributed by atoms with van der Waals surface area (Å²) in [6.45, 7) is 5.93. The predicted molar refractivity (Wildman–Crippen MR) is 95.2 cm³/mol. The van der Waals surface area contributed by atoms with Crippen molar-refractivity contribution in [2.45, 2.75) is 26.1 Å². The second kappa shape index (κ2) is 6.59. The third-order valence-corrected chi connectivity index (χ3v) is 4.44. The van der Waals surface area contributed by atoms with Gasteiger partial charge in [-0.1, -0.05) is 66.8 Å². The van der Waals surface area contributed by atoms with Gasteiger partial charge in [-0.3, -0.25) is 0 Å². The molecule has 0 saturated carbocycles. The minimum atomic E-state index is 0.227. The minimum absolute atomic E-state index is 0.227. The second-order valence-electron chi connectivity index (χ2n) is 5.91. The van der Waals surface area contributed by atoms with Crippen molar-refractivity contribution >= 4 is 17.2 Å². The van der Waals surface area contributed by atoms with Gasteiger partial charge >= 0.3 is 0 Å². The molecular formula is C19H21NOS. The SMILES string of the molecule is C[C@@H]1CN(C(=S)c2ccc(-c3ccccc3)cc2)C[C@H](C)O1. The van der Waals surface area contributed by atoms with Crippen LogP contribution in [0.15, 0.2) is 54.6 Å². The summed E-state index contributed by atoms with van der Waals surface area (Å²) in [5.41, 5.74) is 3.56. The first-order chi connectivity index (χ1) is 10.6. The van der Waals surface area contributed by atoms with Gasteiger partial charge in [0.05, 0.1) is 12.2 Å². The third-order valence-electron chi connectivity index (χ3n) is 3.95. The number of morpholine rings is 1. The molecule has 2 aromatic rings. The van der Waals surface area contributed by atoms with Crippen molar-refractivity contribution in [3.63, 3.8) is 0 Å². The van der Waals surface area contributed by atoms with E-state index in [1.807, 2.05) is 6.07 Å². The number of rotatable bonds is 2. The van der Waals surface area contributed by atoms with Crippen LogP contribution in [0.25, 0.3) is 11.1 Å². The summed E-state index contributed by atoms with van der Waals surface area (Å²) in [7, 11) is 0. The summed E-state index contributed by atoms with van der Waals surface area (Å²) in [5.74, 6) is 0. The van der Waals surface area contributed by atoms with Crippen molar-refractivity contribution < 1.29 is 4.74 Å². The molecule has 2 atom stereocenters. The van der Waals surface area contributed by atoms with Gasteiger partial charge in [0.15, 0.2) is 0 Å². The van der Waals surface area contributed by atoms with E-state index >= 15 is 0 Å². The molecule has 0 radical (unpaired) electrons. The van der Waals surface area contributed by atoms with Crippen LogP contribution in [0, 0.1) is 0 Å². The van der Waals surface area contributed by atoms with Gasteiger partial charge in [0.25, 0.3) is 0 Å². The molecule has 0 spiro atoms. The van der Waals surface area contributed by atoms with E-state index in [-0.39, 0.29) is 12.2 Å². The van der Waals surface area contributed by atoms with E-state index in [0.717, 1.165) is 23.6 Å². The van der Waals surface area contributed by atoms with Crippen LogP contribution >= 0.6 is 12.2 Å². The van der Waals surface area contributed by atoms with E-state index in [4.69, 9.17) is 17.0 Å². The van der Waals surface area contributed by atoms with E-state index in [9.17, 15) is 0 Å². The van der Waals surface area contributed by atoms with Crippen molar-refractivity contribution in [1.29, 1.82) is 0 Å². The Morgan fingerprint density at radius 3 is 2.05 bits per heavy atom. The van der Waals surface area contributed by atoms with Crippen LogP contribution in [0.3, 0.4) is 0 Å². The molecule has 2 aromatic carbocycles. The summed E-state index contributed by atoms with van der Waals surface area (Å²) in [6, 6.07) is 18.9. The fourth-order valence-corrected chi connectivity index (χ4v) is 3.25. The molecule has 114 valence electrons. The van der Waals surface area contributed by atoms with Gasteiger partial charge in [-0.2, -0.15) is 0 Å². The molecule has 0 aromatic heterocycles. The fourth-order valence-electron chi connectivity index (χ4n) is 2.96. The highest BCUT2D eigenvalue weighted by Crippen LogP contribution is 2.21. The Morgan fingerprint density at radius 1 is 0.909 bits per heavy atom. The zero-order valence-electron chi connectivity index (χ0n) is 13.0. The summed E-state index contributed by atoms with van der Waals surface area (Å²) in [5, 5.41) is 0. The van der Waals surface area contributed by atoms with Crippen molar-refractivity contribution in [2.75, 3.05) is 13.1 Å². The monoisotopic (exact) mass is 311 g/mol. The maximum Gasteiger partial charge on any atom is 0.109 e. The highest BCUT2D eigenvalue weighted by molar-refractivity contribution is 7.80. The van der Waals surface area contributed by atoms with Crippen LogP contribution in [-0.4, -0.2) is 35.2 Å². The van der Waals surface area contributed by atoms with Crippen molar-refractivity contribution in [2.24, 2.45) is 0 Å². The van der Waals surface area contributed by atoms with E-state index < -0.39 is 0 Å². The number of hydrogen-bond donors (Lipinski definition) is 0. The van der Waals surface area contributed by atoms with Gasteiger partial charge in [-0.05, 0) is 25.0 Å². The van der Waals surface area contributed by atoms with Gasteiger partial charge in [-0.25, -0.2) is 0 Å². The van der Waals surface area contributed by atoms with Crippen LogP contribution < -0.4 is 0 Å². The van der Waals surface area contributed by atoms with Crippen molar-refractivity contribution in [3.8, 4) is 11.1 Å². The number of nitrogens with zero attached hydrogens (tertiary/aromatic N) is 1. The maximum absolute atomic E-state index is 5.78. The standard InChI is InChI=1S/C19H21NOS/c1-14-12-20(13-15(2)21-14)19(22)18-10-8-17(9-11-18)16-6-4-3-5-7-16/h3-11,14-15H,12-13H2,1-2H3/t14-,15+. The first kappa shape index (κ1) is 15.2. The van der Waals surface area contributed by atoms with E-state index in [0.29, 0.717) is 0 Å². The van der Waals surface area contributed by atoms with E-state index in [2.05, 4.69) is 67.3 Å². The Morgan fingerprint density at radius 2 is 1.45 bits per heavy atom. The molecule has 1 fully saturated rings. The molecule has 1 aliphatic rings. The minimum Gasteiger partial charge on any atom is -0.372 e. The highest BCUT2D eigenvalue weighted by atomic mass is 32.1. The average molecular weight is 311 g/mol. The summed E-state index contributed by atoms with van der Waals surface area (Å²) in [6.07, 6.45) is 0.454. The number of thiocarbonyl (C=S) groups is 1. The Hall–Kier alpha value is -1.71. The molecule has 3 rings (SSSR count). The quantitative estimate of drug-likeness (QED) is 0.774. The molecule has 0 unspecified atom stereocenters. The van der Waals surface area contributed by atoms with Crippen LogP contribution in [0.5, 0.6) is 0 Å². The number of hydrogen-bond acceptors (Lipinski definition) is 2. The molecule has 1 heterocycles. The molecule has 1 aliphatic heterocycles. The lowest BCUT2D eigenvalue weighted by Crippen LogP contribution is -2.47. The van der Waals surface area contributed by atoms with E-state index in [1.54, 1.807) is 0 Å². The van der Waals surface area contributed by atoms with Crippen molar-refractivity contribution in [3.05, 3.63) is 60.2 Å². The first-order valence-electron chi connectivity index (χ1n) is 7.73. The Balaban J connectivity index is 1.76. The molecule has 22 heavy (non-hydrogen) atoms. The van der Waals surface area contributed by atoms with E-state index in [1.165, 1.54) is 11.1 Å². The van der Waals surface area contributed by atoms with Crippen molar-refractivity contribution in [1.82, 2.24) is 4.90 Å². The molecular weight excluding hydrogens is 290 g/mol. The number of ether oxygens (including phenoxy) is 1. The second-order valence-corrected chi connectivity index (χ2v) is 6.30. The highest BCUT2D eigenvalue weighted by Gasteiger charge is 2.24. The molecule has 2 nitrogen and oxygen atoms in total. The molecule has 0 N–H and O–H groups in total. The van der Waals surface area contributed by atoms with Crippen LogP contribution in [-0.2, 0) is 4.74 Å². The largest absolute Gasteiger partial charge is 0.372 e. The predicted octanol–water partition coefficient (Wildman–Crippen LogP) is 4.14. The smallest absolute Gasteiger partial charge is 0.109 e. The zero-order chi connectivity index (χ0) is 15.5. The number of benzene rings is 2. The Bertz CT molecular complexity index is 628. The molecule has 3 heteroatoms. The summed E-state index contributed by atoms with van der Waals surface area (Å²) in [4.78, 5) is 3.17. The zero-order valence-corrected chi connectivity index (χ0v) is 13.8. The third kappa shape index (κ3) is 3.37. The summed E-state index contributed by atoms with van der Waals surface area (Å²) >= 11 is 5.68. The molecule has 0 aliphatic carbocycles. The van der Waals surface area contributed by atoms with Crippen LogP contribution in [0.4, 0.5) is 0 Å². The van der Waals surface area contributed by atoms with Crippen LogP contribution in [0.2, 0.25) is 0 Å². The van der Waals surface area contributed by atoms with Gasteiger partial charge in [-0.15, -0.1) is 0 Å². The van der Waals surface area contributed by atoms with Gasteiger partial charge in [0, 0.05) is 18.7 Å². The molecule has 1 saturated heterocycles. The topological polar surface area (TPSA) is 12.5 Å². The van der Waals surface area contributed by atoms with Gasteiger partial charge in [0.1, 0.15) is 4.99 Å². The lowest BCUT2D eigenvalue weighted by Gasteiger charge is -2.37.